The van der Waals surface area contributed by atoms with Crippen LogP contribution in [0.5, 0.6) is 0 Å². The number of hydrogen-bond acceptors (Lipinski definition) is 7. The highest BCUT2D eigenvalue weighted by atomic mass is 32.1. The van der Waals surface area contributed by atoms with Crippen LogP contribution in [0.1, 0.15) is 12.5 Å². The Morgan fingerprint density at radius 3 is 2.32 bits per heavy atom. The van der Waals surface area contributed by atoms with Crippen molar-refractivity contribution in [3.63, 3.8) is 0 Å². The van der Waals surface area contributed by atoms with Gasteiger partial charge in [0.05, 0.1) is 4.88 Å². The van der Waals surface area contributed by atoms with Crippen molar-refractivity contribution in [3.8, 4) is 10.6 Å². The number of aromatic nitrogens is 4. The topological polar surface area (TPSA) is 58.0 Å². The highest BCUT2D eigenvalue weighted by Gasteiger charge is 2.20. The molecule has 0 spiro atoms. The Kier molecular flexibility index (Phi) is 4.56. The minimum absolute atomic E-state index is 0.816. The molecule has 1 fully saturated rings. The molecule has 4 heterocycles. The fourth-order valence-electron chi connectivity index (χ4n) is 2.88. The smallest absolute Gasteiger partial charge is 0.225 e. The molecular formula is C18H20N6S. The van der Waals surface area contributed by atoms with Gasteiger partial charge >= 0.3 is 0 Å². The molecule has 4 rings (SSSR count). The zero-order valence-corrected chi connectivity index (χ0v) is 15.0. The summed E-state index contributed by atoms with van der Waals surface area (Å²) < 4.78 is 0. The Balaban J connectivity index is 1.39. The summed E-state index contributed by atoms with van der Waals surface area (Å²) in [7, 11) is 0. The third-order valence-corrected chi connectivity index (χ3v) is 5.30. The third kappa shape index (κ3) is 3.46. The molecule has 0 amide bonds. The summed E-state index contributed by atoms with van der Waals surface area (Å²) in [4.78, 5) is 14.6. The van der Waals surface area contributed by atoms with Gasteiger partial charge in [0.25, 0.3) is 0 Å². The highest BCUT2D eigenvalue weighted by molar-refractivity contribution is 7.13. The number of thiophene rings is 1. The second kappa shape index (κ2) is 7.14. The average Bonchev–Trinajstić information content (AvgIpc) is 3.23. The van der Waals surface area contributed by atoms with Gasteiger partial charge in [-0.15, -0.1) is 21.5 Å². The normalized spacial score (nSPS) is 14.8. The predicted octanol–water partition coefficient (Wildman–Crippen LogP) is 2.88. The van der Waals surface area contributed by atoms with Crippen molar-refractivity contribution in [3.05, 3.63) is 47.6 Å². The molecule has 3 aromatic rings. The zero-order chi connectivity index (χ0) is 17.1. The van der Waals surface area contributed by atoms with Crippen LogP contribution in [-0.2, 0) is 6.42 Å². The van der Waals surface area contributed by atoms with Gasteiger partial charge in [-0.05, 0) is 35.6 Å². The van der Waals surface area contributed by atoms with Crippen molar-refractivity contribution < 1.29 is 0 Å². The van der Waals surface area contributed by atoms with Gasteiger partial charge in [-0.1, -0.05) is 13.0 Å². The maximum atomic E-state index is 4.48. The van der Waals surface area contributed by atoms with Gasteiger partial charge in [0.2, 0.25) is 5.95 Å². The second-order valence-electron chi connectivity index (χ2n) is 5.97. The van der Waals surface area contributed by atoms with E-state index >= 15 is 0 Å². The molecule has 0 saturated carbocycles. The van der Waals surface area contributed by atoms with E-state index in [9.17, 15) is 0 Å². The number of anilines is 2. The number of aryl methyl sites for hydroxylation is 1. The molecule has 7 heteroatoms. The van der Waals surface area contributed by atoms with E-state index in [1.807, 2.05) is 24.5 Å². The van der Waals surface area contributed by atoms with E-state index in [1.54, 1.807) is 11.3 Å². The van der Waals surface area contributed by atoms with Crippen LogP contribution in [0.3, 0.4) is 0 Å². The van der Waals surface area contributed by atoms with E-state index in [-0.39, 0.29) is 0 Å². The van der Waals surface area contributed by atoms with E-state index in [0.29, 0.717) is 0 Å². The lowest BCUT2D eigenvalue weighted by atomic mass is 10.3. The van der Waals surface area contributed by atoms with Crippen LogP contribution in [0.2, 0.25) is 0 Å². The van der Waals surface area contributed by atoms with E-state index in [0.717, 1.165) is 54.9 Å². The summed E-state index contributed by atoms with van der Waals surface area (Å²) in [6.07, 6.45) is 4.81. The van der Waals surface area contributed by atoms with Crippen molar-refractivity contribution in [1.29, 1.82) is 0 Å². The molecule has 1 saturated heterocycles. The molecule has 0 unspecified atom stereocenters. The third-order valence-electron chi connectivity index (χ3n) is 4.41. The Morgan fingerprint density at radius 2 is 1.72 bits per heavy atom. The number of hydrogen-bond donors (Lipinski definition) is 0. The van der Waals surface area contributed by atoms with Crippen molar-refractivity contribution in [2.24, 2.45) is 0 Å². The van der Waals surface area contributed by atoms with Crippen molar-refractivity contribution in [2.45, 2.75) is 13.3 Å². The van der Waals surface area contributed by atoms with Crippen LogP contribution in [-0.4, -0.2) is 46.3 Å². The summed E-state index contributed by atoms with van der Waals surface area (Å²) in [6.45, 7) is 5.68. The van der Waals surface area contributed by atoms with Gasteiger partial charge in [0, 0.05) is 38.6 Å². The molecule has 0 atom stereocenters. The van der Waals surface area contributed by atoms with E-state index in [4.69, 9.17) is 0 Å². The SMILES string of the molecule is CCc1cnc(N2CCN(c3ccc(-c4cccs4)nn3)CC2)nc1. The Labute approximate surface area is 151 Å². The molecule has 0 aliphatic carbocycles. The number of piperazine rings is 1. The number of rotatable bonds is 4. The van der Waals surface area contributed by atoms with Crippen molar-refractivity contribution in [2.75, 3.05) is 36.0 Å². The van der Waals surface area contributed by atoms with Gasteiger partial charge in [-0.3, -0.25) is 0 Å². The predicted molar refractivity (Wildman–Crippen MR) is 101 cm³/mol. The van der Waals surface area contributed by atoms with Gasteiger partial charge in [-0.25, -0.2) is 9.97 Å². The summed E-state index contributed by atoms with van der Waals surface area (Å²) in [5, 5.41) is 10.8. The first-order valence-corrected chi connectivity index (χ1v) is 9.40. The summed E-state index contributed by atoms with van der Waals surface area (Å²) in [6, 6.07) is 8.21. The molecule has 6 nitrogen and oxygen atoms in total. The molecule has 0 bridgehead atoms. The molecule has 3 aromatic heterocycles. The zero-order valence-electron chi connectivity index (χ0n) is 14.2. The van der Waals surface area contributed by atoms with Crippen molar-refractivity contribution >= 4 is 23.1 Å². The molecule has 0 radical (unpaired) electrons. The molecule has 25 heavy (non-hydrogen) atoms. The molecule has 0 N–H and O–H groups in total. The molecule has 0 aromatic carbocycles. The van der Waals surface area contributed by atoms with Crippen LogP contribution >= 0.6 is 11.3 Å². The monoisotopic (exact) mass is 352 g/mol. The Morgan fingerprint density at radius 1 is 0.960 bits per heavy atom. The van der Waals surface area contributed by atoms with Crippen LogP contribution < -0.4 is 9.80 Å². The first-order chi connectivity index (χ1) is 12.3. The maximum Gasteiger partial charge on any atom is 0.225 e. The lowest BCUT2D eigenvalue weighted by Crippen LogP contribution is -2.47. The van der Waals surface area contributed by atoms with Gasteiger partial charge in [-0.2, -0.15) is 0 Å². The van der Waals surface area contributed by atoms with Gasteiger partial charge in [0.1, 0.15) is 5.69 Å². The first-order valence-electron chi connectivity index (χ1n) is 8.52. The standard InChI is InChI=1S/C18H20N6S/c1-2-14-12-19-18(20-13-14)24-9-7-23(8-10-24)17-6-5-15(21-22-17)16-4-3-11-25-16/h3-6,11-13H,2,7-10H2,1H3. The fraction of sp³-hybridized carbons (Fsp3) is 0.333. The lowest BCUT2D eigenvalue weighted by molar-refractivity contribution is 0.631. The van der Waals surface area contributed by atoms with Crippen LogP contribution in [0.4, 0.5) is 11.8 Å². The molecular weight excluding hydrogens is 332 g/mol. The van der Waals surface area contributed by atoms with Crippen LogP contribution in [0.15, 0.2) is 42.0 Å². The van der Waals surface area contributed by atoms with E-state index in [2.05, 4.69) is 54.4 Å². The Hall–Kier alpha value is -2.54. The number of nitrogens with zero attached hydrogens (tertiary/aromatic N) is 6. The summed E-state index contributed by atoms with van der Waals surface area (Å²) in [5.74, 6) is 1.75. The van der Waals surface area contributed by atoms with Crippen molar-refractivity contribution in [1.82, 2.24) is 20.2 Å². The van der Waals surface area contributed by atoms with Gasteiger partial charge < -0.3 is 9.80 Å². The molecule has 128 valence electrons. The largest absolute Gasteiger partial charge is 0.352 e. The fourth-order valence-corrected chi connectivity index (χ4v) is 3.57. The lowest BCUT2D eigenvalue weighted by Gasteiger charge is -2.35. The average molecular weight is 352 g/mol. The van der Waals surface area contributed by atoms with E-state index < -0.39 is 0 Å². The second-order valence-corrected chi connectivity index (χ2v) is 6.92. The molecule has 1 aliphatic rings. The maximum absolute atomic E-state index is 4.48. The first kappa shape index (κ1) is 16.0. The van der Waals surface area contributed by atoms with Crippen LogP contribution in [0.25, 0.3) is 10.6 Å². The minimum Gasteiger partial charge on any atom is -0.352 e. The summed E-state index contributed by atoms with van der Waals surface area (Å²) in [5.41, 5.74) is 2.10. The molecule has 1 aliphatic heterocycles. The Bertz CT molecular complexity index is 793. The van der Waals surface area contributed by atoms with E-state index in [1.165, 1.54) is 5.56 Å². The highest BCUT2D eigenvalue weighted by Crippen LogP contribution is 2.23. The van der Waals surface area contributed by atoms with Crippen LogP contribution in [0, 0.1) is 0 Å². The minimum atomic E-state index is 0.816. The summed E-state index contributed by atoms with van der Waals surface area (Å²) >= 11 is 1.68. The quantitative estimate of drug-likeness (QED) is 0.720. The van der Waals surface area contributed by atoms with Gasteiger partial charge in [0.15, 0.2) is 5.82 Å².